The lowest BCUT2D eigenvalue weighted by molar-refractivity contribution is 0.102. The third-order valence-electron chi connectivity index (χ3n) is 6.74. The van der Waals surface area contributed by atoms with Crippen molar-refractivity contribution in [3.8, 4) is 16.9 Å². The van der Waals surface area contributed by atoms with Gasteiger partial charge in [-0.05, 0) is 49.7 Å². The molecule has 0 bridgehead atoms. The number of nitrogens with zero attached hydrogens (tertiary/aromatic N) is 3. The highest BCUT2D eigenvalue weighted by Gasteiger charge is 2.23. The maximum Gasteiger partial charge on any atom is 0.258 e. The third kappa shape index (κ3) is 5.53. The van der Waals surface area contributed by atoms with Crippen LogP contribution in [-0.4, -0.2) is 60.5 Å². The van der Waals surface area contributed by atoms with Gasteiger partial charge in [0.15, 0.2) is 5.82 Å². The van der Waals surface area contributed by atoms with Crippen LogP contribution in [0.4, 0.5) is 11.6 Å². The molecule has 0 unspecified atom stereocenters. The SMILES string of the molecule is COCc1cc(OC)c(Cl)c(-c2ccc3c(NC(=O)c4ccc(N5C[C@@H](C)N[C@@H](C)C5)nc4)n[nH]c3c2)c1Cl. The van der Waals surface area contributed by atoms with Crippen molar-refractivity contribution in [1.82, 2.24) is 20.5 Å². The lowest BCUT2D eigenvalue weighted by Crippen LogP contribution is -2.54. The third-order valence-corrected chi connectivity index (χ3v) is 7.54. The molecule has 1 fully saturated rings. The highest BCUT2D eigenvalue weighted by atomic mass is 35.5. The molecule has 39 heavy (non-hydrogen) atoms. The predicted molar refractivity (Wildman–Crippen MR) is 155 cm³/mol. The topological polar surface area (TPSA) is 104 Å². The van der Waals surface area contributed by atoms with Crippen molar-refractivity contribution in [3.05, 3.63) is 63.8 Å². The molecule has 5 rings (SSSR count). The second-order valence-corrected chi connectivity index (χ2v) is 10.5. The number of nitrogens with one attached hydrogen (secondary N) is 3. The van der Waals surface area contributed by atoms with Gasteiger partial charge in [-0.15, -0.1) is 0 Å². The second kappa shape index (κ2) is 11.4. The van der Waals surface area contributed by atoms with E-state index in [0.717, 1.165) is 35.4 Å². The van der Waals surface area contributed by atoms with Crippen molar-refractivity contribution < 1.29 is 14.3 Å². The number of hydrogen-bond donors (Lipinski definition) is 3. The zero-order valence-electron chi connectivity index (χ0n) is 22.1. The molecule has 0 aliphatic carbocycles. The number of aromatic amines is 1. The van der Waals surface area contributed by atoms with Crippen molar-refractivity contribution in [2.75, 3.05) is 37.5 Å². The fraction of sp³-hybridized carbons (Fsp3) is 0.321. The largest absolute Gasteiger partial charge is 0.495 e. The molecule has 1 aliphatic rings. The minimum absolute atomic E-state index is 0.295. The fourth-order valence-electron chi connectivity index (χ4n) is 5.00. The summed E-state index contributed by atoms with van der Waals surface area (Å²) in [5.41, 5.74) is 3.32. The van der Waals surface area contributed by atoms with E-state index in [4.69, 9.17) is 32.7 Å². The molecular formula is C28H30Cl2N6O3. The molecule has 1 saturated heterocycles. The summed E-state index contributed by atoms with van der Waals surface area (Å²) >= 11 is 13.4. The van der Waals surface area contributed by atoms with Crippen LogP contribution < -0.4 is 20.3 Å². The van der Waals surface area contributed by atoms with Gasteiger partial charge in [-0.3, -0.25) is 9.89 Å². The molecule has 1 amide bonds. The molecule has 11 heteroatoms. The first-order chi connectivity index (χ1) is 18.8. The number of carbonyl (C=O) groups excluding carboxylic acids is 1. The summed E-state index contributed by atoms with van der Waals surface area (Å²) in [5.74, 6) is 1.48. The van der Waals surface area contributed by atoms with Gasteiger partial charge in [0.2, 0.25) is 0 Å². The Hall–Kier alpha value is -3.37. The molecule has 2 aromatic heterocycles. The minimum Gasteiger partial charge on any atom is -0.495 e. The van der Waals surface area contributed by atoms with Crippen LogP contribution in [0.5, 0.6) is 5.75 Å². The summed E-state index contributed by atoms with van der Waals surface area (Å²) in [5, 5.41) is 15.3. The van der Waals surface area contributed by atoms with Crippen molar-refractivity contribution in [3.63, 3.8) is 0 Å². The number of anilines is 2. The Morgan fingerprint density at radius 1 is 1.10 bits per heavy atom. The molecule has 0 saturated carbocycles. The number of amides is 1. The Morgan fingerprint density at radius 3 is 2.54 bits per heavy atom. The van der Waals surface area contributed by atoms with E-state index in [2.05, 4.69) is 44.6 Å². The number of pyridine rings is 1. The molecule has 3 heterocycles. The first-order valence-corrected chi connectivity index (χ1v) is 13.3. The van der Waals surface area contributed by atoms with E-state index in [1.165, 1.54) is 0 Å². The van der Waals surface area contributed by atoms with E-state index in [0.29, 0.717) is 56.9 Å². The van der Waals surface area contributed by atoms with Crippen LogP contribution in [0.25, 0.3) is 22.0 Å². The number of aromatic nitrogens is 3. The van der Waals surface area contributed by atoms with E-state index >= 15 is 0 Å². The first kappa shape index (κ1) is 27.2. The molecule has 0 radical (unpaired) electrons. The van der Waals surface area contributed by atoms with Crippen LogP contribution in [0.15, 0.2) is 42.6 Å². The number of carbonyl (C=O) groups is 1. The molecule has 0 spiro atoms. The molecule has 2 aromatic carbocycles. The van der Waals surface area contributed by atoms with Gasteiger partial charge in [0.05, 0.1) is 34.8 Å². The van der Waals surface area contributed by atoms with Gasteiger partial charge in [0.1, 0.15) is 11.6 Å². The number of benzene rings is 2. The Kier molecular flexibility index (Phi) is 7.95. The van der Waals surface area contributed by atoms with E-state index in [9.17, 15) is 4.79 Å². The molecule has 4 aromatic rings. The van der Waals surface area contributed by atoms with Crippen LogP contribution in [0, 0.1) is 0 Å². The van der Waals surface area contributed by atoms with Gasteiger partial charge >= 0.3 is 0 Å². The van der Waals surface area contributed by atoms with E-state index in [1.807, 2.05) is 24.3 Å². The normalized spacial score (nSPS) is 17.4. The van der Waals surface area contributed by atoms with E-state index in [1.54, 1.807) is 32.5 Å². The van der Waals surface area contributed by atoms with E-state index < -0.39 is 0 Å². The van der Waals surface area contributed by atoms with E-state index in [-0.39, 0.29) is 5.91 Å². The van der Waals surface area contributed by atoms with Crippen LogP contribution >= 0.6 is 23.2 Å². The summed E-state index contributed by atoms with van der Waals surface area (Å²) in [6.45, 7) is 6.35. The maximum absolute atomic E-state index is 13.0. The Morgan fingerprint density at radius 2 is 1.87 bits per heavy atom. The Labute approximate surface area is 236 Å². The number of hydrogen-bond acceptors (Lipinski definition) is 7. The zero-order valence-corrected chi connectivity index (χ0v) is 23.7. The summed E-state index contributed by atoms with van der Waals surface area (Å²) in [6.07, 6.45) is 1.60. The number of piperazine rings is 1. The number of rotatable bonds is 7. The summed E-state index contributed by atoms with van der Waals surface area (Å²) < 4.78 is 10.7. The Bertz CT molecular complexity index is 1500. The zero-order chi connectivity index (χ0) is 27.7. The molecule has 2 atom stereocenters. The Balaban J connectivity index is 1.37. The van der Waals surface area contributed by atoms with Crippen molar-refractivity contribution >= 4 is 51.6 Å². The first-order valence-electron chi connectivity index (χ1n) is 12.6. The van der Waals surface area contributed by atoms with Gasteiger partial charge < -0.3 is 25.0 Å². The van der Waals surface area contributed by atoms with Gasteiger partial charge in [-0.25, -0.2) is 4.98 Å². The molecular weight excluding hydrogens is 539 g/mol. The average molecular weight is 569 g/mol. The number of ether oxygens (including phenoxy) is 2. The van der Waals surface area contributed by atoms with Crippen LogP contribution in [0.2, 0.25) is 10.0 Å². The quantitative estimate of drug-likeness (QED) is 0.269. The lowest BCUT2D eigenvalue weighted by Gasteiger charge is -2.36. The smallest absolute Gasteiger partial charge is 0.258 e. The number of methoxy groups -OCH3 is 2. The fourth-order valence-corrected chi connectivity index (χ4v) is 5.70. The minimum atomic E-state index is -0.295. The van der Waals surface area contributed by atoms with Gasteiger partial charge in [0.25, 0.3) is 5.91 Å². The molecule has 9 nitrogen and oxygen atoms in total. The average Bonchev–Trinajstić information content (AvgIpc) is 3.31. The van der Waals surface area contributed by atoms with Crippen molar-refractivity contribution in [2.45, 2.75) is 32.5 Å². The highest BCUT2D eigenvalue weighted by Crippen LogP contribution is 2.43. The molecule has 3 N–H and O–H groups in total. The molecule has 1 aliphatic heterocycles. The van der Waals surface area contributed by atoms with Crippen molar-refractivity contribution in [1.29, 1.82) is 0 Å². The highest BCUT2D eigenvalue weighted by molar-refractivity contribution is 6.40. The van der Waals surface area contributed by atoms with Gasteiger partial charge in [0, 0.05) is 55.0 Å². The standard InChI is InChI=1S/C28H30Cl2N6O3/c1-15-12-36(13-16(2)32-15)23-8-6-18(11-31-23)28(37)33-27-20-7-5-17(9-21(20)34-35-27)24-25(29)19(14-38-3)10-22(39-4)26(24)30/h5-11,15-16,32H,12-14H2,1-4H3,(H2,33,34,35,37)/t15-,16+. The lowest BCUT2D eigenvalue weighted by atomic mass is 10.0. The molecule has 204 valence electrons. The number of H-pyrrole nitrogens is 1. The van der Waals surface area contributed by atoms with Gasteiger partial charge in [-0.2, -0.15) is 5.10 Å². The maximum atomic E-state index is 13.0. The van der Waals surface area contributed by atoms with Crippen LogP contribution in [-0.2, 0) is 11.3 Å². The number of halogens is 2. The monoisotopic (exact) mass is 568 g/mol. The number of fused-ring (bicyclic) bond motifs is 1. The summed E-state index contributed by atoms with van der Waals surface area (Å²) in [4.78, 5) is 19.8. The van der Waals surface area contributed by atoms with Gasteiger partial charge in [-0.1, -0.05) is 29.3 Å². The summed E-state index contributed by atoms with van der Waals surface area (Å²) in [6, 6.07) is 11.8. The second-order valence-electron chi connectivity index (χ2n) is 9.74. The van der Waals surface area contributed by atoms with Crippen LogP contribution in [0.3, 0.4) is 0 Å². The summed E-state index contributed by atoms with van der Waals surface area (Å²) in [7, 11) is 3.15. The predicted octanol–water partition coefficient (Wildman–Crippen LogP) is 5.53. The van der Waals surface area contributed by atoms with Crippen LogP contribution in [0.1, 0.15) is 29.8 Å². The van der Waals surface area contributed by atoms with Crippen molar-refractivity contribution in [2.24, 2.45) is 0 Å².